The van der Waals surface area contributed by atoms with Crippen LogP contribution in [-0.4, -0.2) is 46.4 Å². The van der Waals surface area contributed by atoms with Gasteiger partial charge in [-0.25, -0.2) is 4.79 Å². The van der Waals surface area contributed by atoms with E-state index in [2.05, 4.69) is 16.0 Å². The number of ether oxygens (including phenoxy) is 1. The van der Waals surface area contributed by atoms with Crippen molar-refractivity contribution in [1.29, 1.82) is 0 Å². The van der Waals surface area contributed by atoms with Crippen LogP contribution in [0.5, 0.6) is 0 Å². The van der Waals surface area contributed by atoms with Crippen LogP contribution in [0.1, 0.15) is 53.7 Å². The quantitative estimate of drug-likeness (QED) is 0.847. The van der Waals surface area contributed by atoms with Gasteiger partial charge in [0.2, 0.25) is 0 Å². The number of rotatable bonds is 2. The smallest absolute Gasteiger partial charge is 0.340 e. The van der Waals surface area contributed by atoms with Gasteiger partial charge in [-0.2, -0.15) is 0 Å². The first-order chi connectivity index (χ1) is 11.7. The van der Waals surface area contributed by atoms with Crippen molar-refractivity contribution in [3.05, 3.63) is 29.1 Å². The van der Waals surface area contributed by atoms with Crippen LogP contribution in [0.25, 0.3) is 6.08 Å². The number of nitrogens with zero attached hydrogens (tertiary/aromatic N) is 1. The largest absolute Gasteiger partial charge is 0.459 e. The van der Waals surface area contributed by atoms with Crippen LogP contribution in [0.15, 0.2) is 12.3 Å². The maximum Gasteiger partial charge on any atom is 0.340 e. The summed E-state index contributed by atoms with van der Waals surface area (Å²) in [6, 6.07) is 0.830. The Kier molecular flexibility index (Phi) is 3.20. The third-order valence-electron chi connectivity index (χ3n) is 6.26. The summed E-state index contributed by atoms with van der Waals surface area (Å²) in [6.07, 6.45) is 11.5. The van der Waals surface area contributed by atoms with Crippen LogP contribution in [0, 0.1) is 5.92 Å². The van der Waals surface area contributed by atoms with Gasteiger partial charge >= 0.3 is 5.97 Å². The first kappa shape index (κ1) is 14.5. The van der Waals surface area contributed by atoms with Crippen molar-refractivity contribution >= 4 is 17.8 Å². The molecular formula is C19H22N2O3. The number of aromatic amines is 1. The van der Waals surface area contributed by atoms with Gasteiger partial charge in [0.25, 0.3) is 0 Å². The molecule has 0 radical (unpaired) electrons. The van der Waals surface area contributed by atoms with Gasteiger partial charge in [-0.15, -0.1) is 0 Å². The number of ketones is 1. The van der Waals surface area contributed by atoms with Crippen molar-refractivity contribution in [2.75, 3.05) is 6.54 Å². The number of H-pyrrole nitrogens is 1. The first-order valence-electron chi connectivity index (χ1n) is 9.05. The van der Waals surface area contributed by atoms with Crippen LogP contribution in [0.3, 0.4) is 0 Å². The van der Waals surface area contributed by atoms with E-state index in [1.165, 1.54) is 0 Å². The van der Waals surface area contributed by atoms with Crippen molar-refractivity contribution in [3.63, 3.8) is 0 Å². The van der Waals surface area contributed by atoms with Gasteiger partial charge in [0.1, 0.15) is 11.9 Å². The fourth-order valence-electron chi connectivity index (χ4n) is 5.10. The second-order valence-electron chi connectivity index (χ2n) is 7.65. The highest BCUT2D eigenvalue weighted by atomic mass is 16.5. The summed E-state index contributed by atoms with van der Waals surface area (Å²) >= 11 is 0. The number of Topliss-reactive ketones (excluding diaryl/α,β-unsaturated/α-hetero) is 1. The molecule has 2 atom stereocenters. The molecule has 4 saturated heterocycles. The van der Waals surface area contributed by atoms with E-state index in [0.717, 1.165) is 49.8 Å². The summed E-state index contributed by atoms with van der Waals surface area (Å²) in [4.78, 5) is 30.1. The Morgan fingerprint density at radius 3 is 2.75 bits per heavy atom. The lowest BCUT2D eigenvalue weighted by Crippen LogP contribution is -2.63. The third-order valence-corrected chi connectivity index (χ3v) is 6.26. The minimum absolute atomic E-state index is 0.0176. The standard InChI is InChI=1S/C19H22N2O3/c22-18-10-21-12-5-11(18)6-13(21)8-14(7-12)24-19(23)16-9-20-17-4-2-1-3-15(16)17/h1,3,9,11-14,20H,2,4-8,10H2. The molecule has 126 valence electrons. The Morgan fingerprint density at radius 1 is 1.21 bits per heavy atom. The molecule has 2 unspecified atom stereocenters. The van der Waals surface area contributed by atoms with Crippen LogP contribution < -0.4 is 0 Å². The van der Waals surface area contributed by atoms with E-state index in [9.17, 15) is 9.59 Å². The zero-order valence-corrected chi connectivity index (χ0v) is 13.7. The number of hydrogen-bond acceptors (Lipinski definition) is 4. The fourth-order valence-corrected chi connectivity index (χ4v) is 5.10. The van der Waals surface area contributed by atoms with Gasteiger partial charge in [0.05, 0.1) is 12.1 Å². The van der Waals surface area contributed by atoms with Crippen molar-refractivity contribution < 1.29 is 14.3 Å². The molecule has 0 amide bonds. The third kappa shape index (κ3) is 2.18. The van der Waals surface area contributed by atoms with Crippen molar-refractivity contribution in [3.8, 4) is 0 Å². The van der Waals surface area contributed by atoms with Crippen LogP contribution in [0.2, 0.25) is 0 Å². The molecule has 0 aromatic carbocycles. The second kappa shape index (κ2) is 5.31. The van der Waals surface area contributed by atoms with E-state index in [4.69, 9.17) is 4.74 Å². The van der Waals surface area contributed by atoms with Crippen LogP contribution in [0.4, 0.5) is 0 Å². The Morgan fingerprint density at radius 2 is 2.00 bits per heavy atom. The molecule has 1 aromatic rings. The molecule has 24 heavy (non-hydrogen) atoms. The number of esters is 1. The molecular weight excluding hydrogens is 304 g/mol. The molecule has 0 spiro atoms. The Bertz CT molecular complexity index is 719. The highest BCUT2D eigenvalue weighted by Gasteiger charge is 2.49. The van der Waals surface area contributed by atoms with Crippen molar-refractivity contribution in [1.82, 2.24) is 9.88 Å². The Hall–Kier alpha value is -1.88. The predicted molar refractivity (Wildman–Crippen MR) is 88.6 cm³/mol. The van der Waals surface area contributed by atoms with Gasteiger partial charge in [-0.05, 0) is 25.7 Å². The van der Waals surface area contributed by atoms with Gasteiger partial charge in [0, 0.05) is 48.3 Å². The number of aryl methyl sites for hydroxylation is 1. The molecule has 5 heterocycles. The van der Waals surface area contributed by atoms with Gasteiger partial charge in [-0.3, -0.25) is 9.69 Å². The maximum absolute atomic E-state index is 12.6. The Labute approximate surface area is 141 Å². The maximum atomic E-state index is 12.6. The lowest BCUT2D eigenvalue weighted by Gasteiger charge is -2.54. The summed E-state index contributed by atoms with van der Waals surface area (Å²) in [5, 5.41) is 0. The summed E-state index contributed by atoms with van der Waals surface area (Å²) in [7, 11) is 0. The van der Waals surface area contributed by atoms with Gasteiger partial charge < -0.3 is 9.72 Å². The first-order valence-corrected chi connectivity index (χ1v) is 9.05. The number of aromatic nitrogens is 1. The van der Waals surface area contributed by atoms with E-state index in [0.29, 0.717) is 30.0 Å². The molecule has 0 saturated carbocycles. The summed E-state index contributed by atoms with van der Waals surface area (Å²) in [5.74, 6) is 0.451. The van der Waals surface area contributed by atoms with Crippen molar-refractivity contribution in [2.45, 2.75) is 56.7 Å². The minimum Gasteiger partial charge on any atom is -0.459 e. The van der Waals surface area contributed by atoms with Crippen LogP contribution >= 0.6 is 0 Å². The molecule has 1 aromatic heterocycles. The lowest BCUT2D eigenvalue weighted by atomic mass is 9.72. The summed E-state index contributed by atoms with van der Waals surface area (Å²) in [6.45, 7) is 0.608. The van der Waals surface area contributed by atoms with E-state index < -0.39 is 0 Å². The van der Waals surface area contributed by atoms with Crippen LogP contribution in [-0.2, 0) is 16.0 Å². The van der Waals surface area contributed by atoms with Gasteiger partial charge in [-0.1, -0.05) is 12.2 Å². The molecule has 6 rings (SSSR count). The molecule has 1 N–H and O–H groups in total. The number of nitrogens with one attached hydrogen (secondary N) is 1. The summed E-state index contributed by atoms with van der Waals surface area (Å²) in [5.41, 5.74) is 2.79. The number of hydrogen-bond donors (Lipinski definition) is 1. The van der Waals surface area contributed by atoms with Crippen molar-refractivity contribution in [2.24, 2.45) is 5.92 Å². The highest BCUT2D eigenvalue weighted by Crippen LogP contribution is 2.42. The number of allylic oxidation sites excluding steroid dienone is 1. The predicted octanol–water partition coefficient (Wildman–Crippen LogP) is 2.33. The molecule has 1 aliphatic carbocycles. The zero-order valence-electron chi connectivity index (χ0n) is 13.7. The second-order valence-corrected chi connectivity index (χ2v) is 7.65. The molecule has 5 nitrogen and oxygen atoms in total. The average Bonchev–Trinajstić information content (AvgIpc) is 2.99. The minimum atomic E-state index is -0.208. The lowest BCUT2D eigenvalue weighted by molar-refractivity contribution is -0.145. The van der Waals surface area contributed by atoms with E-state index in [1.807, 2.05) is 6.08 Å². The Balaban J connectivity index is 1.30. The monoisotopic (exact) mass is 326 g/mol. The van der Waals surface area contributed by atoms with E-state index in [1.54, 1.807) is 6.20 Å². The summed E-state index contributed by atoms with van der Waals surface area (Å²) < 4.78 is 5.87. The molecule has 4 bridgehead atoms. The molecule has 5 aliphatic rings. The number of carbonyl (C=O) groups excluding carboxylic acids is 2. The van der Waals surface area contributed by atoms with E-state index in [-0.39, 0.29) is 18.0 Å². The number of piperidine rings is 4. The molecule has 4 aliphatic heterocycles. The number of fused-ring (bicyclic) bond motifs is 2. The van der Waals surface area contributed by atoms with Gasteiger partial charge in [0.15, 0.2) is 0 Å². The molecule has 5 heteroatoms. The fraction of sp³-hybridized carbons (Fsp3) is 0.579. The van der Waals surface area contributed by atoms with E-state index >= 15 is 0 Å². The highest BCUT2D eigenvalue weighted by molar-refractivity contribution is 5.94. The molecule has 4 fully saturated rings. The zero-order chi connectivity index (χ0) is 16.3. The average molecular weight is 326 g/mol. The topological polar surface area (TPSA) is 62.4 Å². The SMILES string of the molecule is O=C(OC1CC2CC3CC(C1)N2CC3=O)c1c[nH]c2c1C=CCC2. The number of carbonyl (C=O) groups is 2. The normalized spacial score (nSPS) is 36.5.